The van der Waals surface area contributed by atoms with E-state index in [2.05, 4.69) is 45.9 Å². The largest absolute Gasteiger partial charge is 0.302 e. The molecule has 0 aliphatic rings. The van der Waals surface area contributed by atoms with Crippen LogP contribution in [0.25, 0.3) is 0 Å². The van der Waals surface area contributed by atoms with Gasteiger partial charge in [-0.1, -0.05) is 0 Å². The Morgan fingerprint density at radius 1 is 1.19 bits per heavy atom. The first-order valence-corrected chi connectivity index (χ1v) is 6.37. The van der Waals surface area contributed by atoms with E-state index in [9.17, 15) is 0 Å². The monoisotopic (exact) mass is 232 g/mol. The molecule has 0 aliphatic heterocycles. The van der Waals surface area contributed by atoms with Gasteiger partial charge in [0.15, 0.2) is 0 Å². The molecular weight excluding hydrogens is 216 g/mol. The maximum Gasteiger partial charge on any atom is 0.0270 e. The number of hydrogen-bond donors (Lipinski definition) is 0. The van der Waals surface area contributed by atoms with E-state index in [4.69, 9.17) is 0 Å². The van der Waals surface area contributed by atoms with E-state index in [-0.39, 0.29) is 0 Å². The number of hydrogen-bond acceptors (Lipinski definition) is 3. The summed E-state index contributed by atoms with van der Waals surface area (Å²) in [5.41, 5.74) is 2.76. The molecule has 0 bridgehead atoms. The molecule has 0 N–H and O–H groups in total. The molecule has 16 heavy (non-hydrogen) atoms. The number of aromatic nitrogens is 1. The molecule has 0 saturated carbocycles. The molecule has 0 aromatic carbocycles. The maximum absolute atomic E-state index is 4.02. The minimum absolute atomic E-state index is 1.04. The summed E-state index contributed by atoms with van der Waals surface area (Å²) in [6.07, 6.45) is 4.80. The summed E-state index contributed by atoms with van der Waals surface area (Å²) in [6, 6.07) is 6.35. The van der Waals surface area contributed by atoms with Gasteiger partial charge in [-0.25, -0.2) is 0 Å². The van der Waals surface area contributed by atoms with E-state index in [0.717, 1.165) is 19.5 Å². The van der Waals surface area contributed by atoms with Crippen LogP contribution in [-0.4, -0.2) is 23.5 Å². The highest BCUT2D eigenvalue weighted by atomic mass is 32.1. The van der Waals surface area contributed by atoms with Crippen molar-refractivity contribution in [3.8, 4) is 0 Å². The second kappa shape index (κ2) is 5.77. The summed E-state index contributed by atoms with van der Waals surface area (Å²) in [7, 11) is 2.17. The van der Waals surface area contributed by atoms with E-state index < -0.39 is 0 Å². The summed E-state index contributed by atoms with van der Waals surface area (Å²) < 4.78 is 0. The van der Waals surface area contributed by atoms with Gasteiger partial charge < -0.3 is 4.90 Å². The van der Waals surface area contributed by atoms with Crippen LogP contribution in [0.15, 0.2) is 41.4 Å². The summed E-state index contributed by atoms with van der Waals surface area (Å²) in [4.78, 5) is 6.37. The van der Waals surface area contributed by atoms with Crippen molar-refractivity contribution in [2.24, 2.45) is 0 Å². The highest BCUT2D eigenvalue weighted by Gasteiger charge is 2.01. The molecule has 0 radical (unpaired) electrons. The lowest BCUT2D eigenvalue weighted by atomic mass is 10.2. The molecular formula is C13H16N2S. The Hall–Kier alpha value is -1.19. The standard InChI is InChI=1S/C13H16N2S/c1-15(10-13-5-9-16-11-13)8-4-12-2-6-14-7-3-12/h2-3,5-7,9,11H,4,8,10H2,1H3. The zero-order valence-electron chi connectivity index (χ0n) is 9.47. The lowest BCUT2D eigenvalue weighted by Gasteiger charge is -2.15. The fourth-order valence-electron chi connectivity index (χ4n) is 1.64. The molecule has 2 aromatic heterocycles. The maximum atomic E-state index is 4.02. The van der Waals surface area contributed by atoms with Gasteiger partial charge in [0.25, 0.3) is 0 Å². The van der Waals surface area contributed by atoms with Gasteiger partial charge >= 0.3 is 0 Å². The molecule has 0 aliphatic carbocycles. The van der Waals surface area contributed by atoms with Crippen LogP contribution < -0.4 is 0 Å². The zero-order valence-corrected chi connectivity index (χ0v) is 10.3. The molecule has 3 heteroatoms. The molecule has 2 nitrogen and oxygen atoms in total. The van der Waals surface area contributed by atoms with Crippen molar-refractivity contribution < 1.29 is 0 Å². The van der Waals surface area contributed by atoms with Crippen molar-refractivity contribution in [2.45, 2.75) is 13.0 Å². The molecule has 2 heterocycles. The Morgan fingerprint density at radius 3 is 2.69 bits per heavy atom. The molecule has 0 spiro atoms. The topological polar surface area (TPSA) is 16.1 Å². The van der Waals surface area contributed by atoms with Gasteiger partial charge in [-0.3, -0.25) is 4.98 Å². The summed E-state index contributed by atoms with van der Waals surface area (Å²) in [5, 5.41) is 4.34. The Labute approximate surface area is 101 Å². The van der Waals surface area contributed by atoms with Crippen LogP contribution in [0.1, 0.15) is 11.1 Å². The number of nitrogens with zero attached hydrogens (tertiary/aromatic N) is 2. The fourth-order valence-corrected chi connectivity index (χ4v) is 2.30. The van der Waals surface area contributed by atoms with Gasteiger partial charge in [0.05, 0.1) is 0 Å². The summed E-state index contributed by atoms with van der Waals surface area (Å²) in [5.74, 6) is 0. The van der Waals surface area contributed by atoms with Crippen molar-refractivity contribution >= 4 is 11.3 Å². The molecule has 0 saturated heterocycles. The van der Waals surface area contributed by atoms with Gasteiger partial charge in [0.2, 0.25) is 0 Å². The quantitative estimate of drug-likeness (QED) is 0.788. The normalized spacial score (nSPS) is 10.9. The van der Waals surface area contributed by atoms with Crippen LogP contribution in [0.2, 0.25) is 0 Å². The summed E-state index contributed by atoms with van der Waals surface area (Å²) >= 11 is 1.76. The predicted molar refractivity (Wildman–Crippen MR) is 68.6 cm³/mol. The molecule has 2 rings (SSSR count). The fraction of sp³-hybridized carbons (Fsp3) is 0.308. The minimum Gasteiger partial charge on any atom is -0.302 e. The Morgan fingerprint density at radius 2 is 2.00 bits per heavy atom. The molecule has 0 fully saturated rings. The van der Waals surface area contributed by atoms with E-state index in [1.54, 1.807) is 11.3 Å². The third kappa shape index (κ3) is 3.43. The van der Waals surface area contributed by atoms with Crippen molar-refractivity contribution in [1.82, 2.24) is 9.88 Å². The first-order valence-electron chi connectivity index (χ1n) is 5.43. The van der Waals surface area contributed by atoms with Crippen molar-refractivity contribution in [1.29, 1.82) is 0 Å². The average molecular weight is 232 g/mol. The lowest BCUT2D eigenvalue weighted by molar-refractivity contribution is 0.331. The Balaban J connectivity index is 1.78. The number of rotatable bonds is 5. The van der Waals surface area contributed by atoms with Crippen molar-refractivity contribution in [3.05, 3.63) is 52.5 Å². The SMILES string of the molecule is CN(CCc1ccncc1)Cc1ccsc1. The van der Waals surface area contributed by atoms with Crippen molar-refractivity contribution in [2.75, 3.05) is 13.6 Å². The van der Waals surface area contributed by atoms with E-state index in [1.807, 2.05) is 12.4 Å². The molecule has 84 valence electrons. The van der Waals surface area contributed by atoms with Crippen molar-refractivity contribution in [3.63, 3.8) is 0 Å². The Bertz CT molecular complexity index is 397. The van der Waals surface area contributed by atoms with Crippen LogP contribution in [0.5, 0.6) is 0 Å². The average Bonchev–Trinajstić information content (AvgIpc) is 2.81. The lowest BCUT2D eigenvalue weighted by Crippen LogP contribution is -2.20. The highest BCUT2D eigenvalue weighted by Crippen LogP contribution is 2.08. The minimum atomic E-state index is 1.04. The van der Waals surface area contributed by atoms with Crippen LogP contribution in [0, 0.1) is 0 Å². The van der Waals surface area contributed by atoms with Crippen LogP contribution in [-0.2, 0) is 13.0 Å². The Kier molecular flexibility index (Phi) is 4.08. The van der Waals surface area contributed by atoms with Crippen LogP contribution in [0.4, 0.5) is 0 Å². The van der Waals surface area contributed by atoms with Gasteiger partial charge in [0.1, 0.15) is 0 Å². The zero-order chi connectivity index (χ0) is 11.2. The first kappa shape index (κ1) is 11.3. The number of likely N-dealkylation sites (N-methyl/N-ethyl adjacent to an activating group) is 1. The third-order valence-corrected chi connectivity index (χ3v) is 3.30. The predicted octanol–water partition coefficient (Wildman–Crippen LogP) is 2.82. The van der Waals surface area contributed by atoms with Gasteiger partial charge in [-0.05, 0) is 53.6 Å². The van der Waals surface area contributed by atoms with E-state index in [1.165, 1.54) is 11.1 Å². The molecule has 0 amide bonds. The van der Waals surface area contributed by atoms with Gasteiger partial charge in [0, 0.05) is 25.5 Å². The van der Waals surface area contributed by atoms with E-state index in [0.29, 0.717) is 0 Å². The van der Waals surface area contributed by atoms with Gasteiger partial charge in [-0.15, -0.1) is 0 Å². The van der Waals surface area contributed by atoms with Crippen LogP contribution in [0.3, 0.4) is 0 Å². The highest BCUT2D eigenvalue weighted by molar-refractivity contribution is 7.07. The first-order chi connectivity index (χ1) is 7.84. The summed E-state index contributed by atoms with van der Waals surface area (Å²) in [6.45, 7) is 2.12. The third-order valence-electron chi connectivity index (χ3n) is 2.56. The second-order valence-electron chi connectivity index (χ2n) is 3.97. The second-order valence-corrected chi connectivity index (χ2v) is 4.75. The molecule has 0 unspecified atom stereocenters. The van der Waals surface area contributed by atoms with E-state index >= 15 is 0 Å². The van der Waals surface area contributed by atoms with Gasteiger partial charge in [-0.2, -0.15) is 11.3 Å². The molecule has 2 aromatic rings. The number of thiophene rings is 1. The molecule has 0 atom stereocenters. The number of pyridine rings is 1. The van der Waals surface area contributed by atoms with Crippen LogP contribution >= 0.6 is 11.3 Å². The smallest absolute Gasteiger partial charge is 0.0270 e.